The maximum atomic E-state index is 12.6. The van der Waals surface area contributed by atoms with Crippen LogP contribution in [0.2, 0.25) is 0 Å². The van der Waals surface area contributed by atoms with Crippen LogP contribution in [0.25, 0.3) is 21.9 Å². The molecule has 28 heavy (non-hydrogen) atoms. The zero-order chi connectivity index (χ0) is 19.5. The molecular formula is C22H17NO5. The van der Waals surface area contributed by atoms with Gasteiger partial charge >= 0.3 is 0 Å². The van der Waals surface area contributed by atoms with Gasteiger partial charge in [0.1, 0.15) is 22.7 Å². The van der Waals surface area contributed by atoms with E-state index >= 15 is 0 Å². The number of nitrogens with one attached hydrogen (secondary N) is 1. The smallest absolute Gasteiger partial charge is 0.262 e. The third kappa shape index (κ3) is 3.53. The summed E-state index contributed by atoms with van der Waals surface area (Å²) in [7, 11) is 1.58. The Hall–Kier alpha value is -3.80. The van der Waals surface area contributed by atoms with Crippen molar-refractivity contribution in [3.8, 4) is 11.5 Å². The van der Waals surface area contributed by atoms with Crippen LogP contribution in [0.15, 0.2) is 75.9 Å². The number of benzene rings is 3. The molecule has 0 spiro atoms. The van der Waals surface area contributed by atoms with Crippen LogP contribution >= 0.6 is 0 Å². The fourth-order valence-electron chi connectivity index (χ4n) is 2.90. The first-order valence-corrected chi connectivity index (χ1v) is 8.66. The fourth-order valence-corrected chi connectivity index (χ4v) is 2.90. The van der Waals surface area contributed by atoms with E-state index < -0.39 is 0 Å². The third-order valence-corrected chi connectivity index (χ3v) is 4.29. The molecule has 0 saturated carbocycles. The molecule has 1 heterocycles. The van der Waals surface area contributed by atoms with Gasteiger partial charge in [-0.15, -0.1) is 0 Å². The Morgan fingerprint density at radius 2 is 1.64 bits per heavy atom. The van der Waals surface area contributed by atoms with Crippen molar-refractivity contribution in [1.29, 1.82) is 0 Å². The summed E-state index contributed by atoms with van der Waals surface area (Å²) in [6.07, 6.45) is 0. The molecular weight excluding hydrogens is 358 g/mol. The van der Waals surface area contributed by atoms with Crippen LogP contribution in [0.3, 0.4) is 0 Å². The molecule has 0 aliphatic carbocycles. The summed E-state index contributed by atoms with van der Waals surface area (Å²) >= 11 is 0. The van der Waals surface area contributed by atoms with Gasteiger partial charge in [-0.25, -0.2) is 0 Å². The van der Waals surface area contributed by atoms with Crippen LogP contribution in [0.1, 0.15) is 0 Å². The maximum Gasteiger partial charge on any atom is 0.262 e. The number of para-hydroxylation sites is 1. The molecule has 4 aromatic rings. The highest BCUT2D eigenvalue weighted by atomic mass is 16.5. The lowest BCUT2D eigenvalue weighted by Crippen LogP contribution is -2.20. The predicted octanol–water partition coefficient (Wildman–Crippen LogP) is 3.97. The highest BCUT2D eigenvalue weighted by Crippen LogP contribution is 2.22. The van der Waals surface area contributed by atoms with Crippen molar-refractivity contribution in [3.63, 3.8) is 0 Å². The van der Waals surface area contributed by atoms with E-state index in [2.05, 4.69) is 5.32 Å². The Balaban J connectivity index is 1.50. The second kappa shape index (κ2) is 7.44. The minimum atomic E-state index is -0.321. The van der Waals surface area contributed by atoms with Gasteiger partial charge in [0.15, 0.2) is 6.61 Å². The molecule has 0 atom stereocenters. The van der Waals surface area contributed by atoms with Gasteiger partial charge in [-0.2, -0.15) is 0 Å². The first-order valence-electron chi connectivity index (χ1n) is 8.66. The van der Waals surface area contributed by atoms with Gasteiger partial charge in [-0.05, 0) is 48.5 Å². The topological polar surface area (TPSA) is 77.8 Å². The molecule has 0 fully saturated rings. The van der Waals surface area contributed by atoms with Gasteiger partial charge in [0.05, 0.1) is 17.9 Å². The van der Waals surface area contributed by atoms with E-state index in [1.807, 2.05) is 0 Å². The number of carbonyl (C=O) groups excluding carboxylic acids is 1. The number of rotatable bonds is 5. The summed E-state index contributed by atoms with van der Waals surface area (Å²) in [5, 5.41) is 3.74. The van der Waals surface area contributed by atoms with Crippen LogP contribution in [0, 0.1) is 0 Å². The van der Waals surface area contributed by atoms with Crippen molar-refractivity contribution in [3.05, 3.63) is 77.0 Å². The zero-order valence-electron chi connectivity index (χ0n) is 15.1. The SMILES string of the molecule is COc1ccc(OCC(=O)Nc2ccc3c(=O)c4ccccc4oc3c2)cc1. The number of amides is 1. The lowest BCUT2D eigenvalue weighted by molar-refractivity contribution is -0.118. The van der Waals surface area contributed by atoms with Gasteiger partial charge in [-0.3, -0.25) is 9.59 Å². The first kappa shape index (κ1) is 17.6. The molecule has 140 valence electrons. The Bertz CT molecular complexity index is 1210. The highest BCUT2D eigenvalue weighted by Gasteiger charge is 2.10. The van der Waals surface area contributed by atoms with Crippen LogP contribution < -0.4 is 20.2 Å². The number of ether oxygens (including phenoxy) is 2. The molecule has 1 aromatic heterocycles. The molecule has 0 unspecified atom stereocenters. The van der Waals surface area contributed by atoms with Gasteiger partial charge in [0.2, 0.25) is 5.43 Å². The van der Waals surface area contributed by atoms with Gasteiger partial charge < -0.3 is 19.2 Å². The molecule has 1 N–H and O–H groups in total. The Labute approximate surface area is 160 Å². The number of hydrogen-bond donors (Lipinski definition) is 1. The molecule has 0 aliphatic heterocycles. The Morgan fingerprint density at radius 3 is 2.43 bits per heavy atom. The second-order valence-corrected chi connectivity index (χ2v) is 6.15. The van der Waals surface area contributed by atoms with Crippen LogP contribution in [-0.4, -0.2) is 19.6 Å². The van der Waals surface area contributed by atoms with Gasteiger partial charge in [-0.1, -0.05) is 12.1 Å². The van der Waals surface area contributed by atoms with E-state index in [-0.39, 0.29) is 17.9 Å². The lowest BCUT2D eigenvalue weighted by Gasteiger charge is -2.09. The van der Waals surface area contributed by atoms with Gasteiger partial charge in [0.25, 0.3) is 5.91 Å². The minimum absolute atomic E-state index is 0.0995. The summed E-state index contributed by atoms with van der Waals surface area (Å²) < 4.78 is 16.3. The summed E-state index contributed by atoms with van der Waals surface area (Å²) in [4.78, 5) is 24.7. The first-order chi connectivity index (χ1) is 13.6. The summed E-state index contributed by atoms with van der Waals surface area (Å²) in [5.74, 6) is 0.951. The number of carbonyl (C=O) groups is 1. The molecule has 0 radical (unpaired) electrons. The molecule has 6 heteroatoms. The second-order valence-electron chi connectivity index (χ2n) is 6.15. The summed E-state index contributed by atoms with van der Waals surface area (Å²) in [5.41, 5.74) is 1.34. The summed E-state index contributed by atoms with van der Waals surface area (Å²) in [6.45, 7) is -0.147. The van der Waals surface area contributed by atoms with Crippen molar-refractivity contribution in [2.24, 2.45) is 0 Å². The zero-order valence-corrected chi connectivity index (χ0v) is 15.1. The molecule has 0 aliphatic rings. The third-order valence-electron chi connectivity index (χ3n) is 4.29. The van der Waals surface area contributed by atoms with E-state index in [9.17, 15) is 9.59 Å². The monoisotopic (exact) mass is 375 g/mol. The average Bonchev–Trinajstić information content (AvgIpc) is 2.73. The lowest BCUT2D eigenvalue weighted by atomic mass is 10.1. The Morgan fingerprint density at radius 1 is 0.929 bits per heavy atom. The highest BCUT2D eigenvalue weighted by molar-refractivity contribution is 5.96. The average molecular weight is 375 g/mol. The minimum Gasteiger partial charge on any atom is -0.497 e. The predicted molar refractivity (Wildman–Crippen MR) is 107 cm³/mol. The van der Waals surface area contributed by atoms with E-state index in [4.69, 9.17) is 13.9 Å². The van der Waals surface area contributed by atoms with E-state index in [1.165, 1.54) is 0 Å². The van der Waals surface area contributed by atoms with E-state index in [0.717, 1.165) is 0 Å². The van der Waals surface area contributed by atoms with Crippen molar-refractivity contribution >= 4 is 33.5 Å². The number of hydrogen-bond acceptors (Lipinski definition) is 5. The van der Waals surface area contributed by atoms with E-state index in [1.54, 1.807) is 73.8 Å². The van der Waals surface area contributed by atoms with Crippen LogP contribution in [-0.2, 0) is 4.79 Å². The molecule has 4 rings (SSSR count). The van der Waals surface area contributed by atoms with Crippen molar-refractivity contribution in [2.45, 2.75) is 0 Å². The molecule has 1 amide bonds. The fraction of sp³-hybridized carbons (Fsp3) is 0.0909. The molecule has 6 nitrogen and oxygen atoms in total. The summed E-state index contributed by atoms with van der Waals surface area (Å²) in [6, 6.07) is 19.0. The van der Waals surface area contributed by atoms with Crippen molar-refractivity contribution in [1.82, 2.24) is 0 Å². The Kier molecular flexibility index (Phi) is 4.68. The maximum absolute atomic E-state index is 12.6. The molecule has 0 saturated heterocycles. The standard InChI is InChI=1S/C22H17NO5/c1-26-15-7-9-16(10-8-15)27-13-21(24)23-14-6-11-18-20(12-14)28-19-5-3-2-4-17(19)22(18)25/h2-12H,13H2,1H3,(H,23,24). The quantitative estimate of drug-likeness (QED) is 0.534. The number of fused-ring (bicyclic) bond motifs is 2. The van der Waals surface area contributed by atoms with Crippen LogP contribution in [0.4, 0.5) is 5.69 Å². The van der Waals surface area contributed by atoms with Crippen molar-refractivity contribution in [2.75, 3.05) is 19.0 Å². The van der Waals surface area contributed by atoms with Gasteiger partial charge in [0, 0.05) is 11.8 Å². The van der Waals surface area contributed by atoms with Crippen LogP contribution in [0.5, 0.6) is 11.5 Å². The number of methoxy groups -OCH3 is 1. The van der Waals surface area contributed by atoms with E-state index in [0.29, 0.717) is 39.1 Å². The number of anilines is 1. The largest absolute Gasteiger partial charge is 0.497 e. The van der Waals surface area contributed by atoms with Crippen molar-refractivity contribution < 1.29 is 18.7 Å². The normalized spacial score (nSPS) is 10.8. The molecule has 0 bridgehead atoms. The molecule has 3 aromatic carbocycles.